The summed E-state index contributed by atoms with van der Waals surface area (Å²) in [5.41, 5.74) is 0.180. The van der Waals surface area contributed by atoms with E-state index in [0.29, 0.717) is 25.2 Å². The molecule has 0 radical (unpaired) electrons. The number of guanidine groups is 1. The number of hydrogen-bond acceptors (Lipinski definition) is 3. The highest BCUT2D eigenvalue weighted by molar-refractivity contribution is 5.80. The van der Waals surface area contributed by atoms with Crippen molar-refractivity contribution in [2.45, 2.75) is 66.0 Å². The molecule has 1 saturated carbocycles. The molecule has 6 heteroatoms. The van der Waals surface area contributed by atoms with Gasteiger partial charge in [-0.2, -0.15) is 0 Å². The van der Waals surface area contributed by atoms with Crippen molar-refractivity contribution in [2.24, 2.45) is 16.3 Å². The largest absolute Gasteiger partial charge is 0.378 e. The molecule has 24 heavy (non-hydrogen) atoms. The predicted octanol–water partition coefficient (Wildman–Crippen LogP) is 1.91. The summed E-state index contributed by atoms with van der Waals surface area (Å²) in [6.45, 7) is 12.3. The van der Waals surface area contributed by atoms with Gasteiger partial charge in [0.2, 0.25) is 5.91 Å². The smallest absolute Gasteiger partial charge is 0.222 e. The van der Waals surface area contributed by atoms with Crippen LogP contribution < -0.4 is 16.0 Å². The Hall–Kier alpha value is -1.30. The van der Waals surface area contributed by atoms with Crippen LogP contribution in [0, 0.1) is 11.3 Å². The van der Waals surface area contributed by atoms with Crippen LogP contribution in [0.25, 0.3) is 0 Å². The molecular weight excluding hydrogens is 304 g/mol. The standard InChI is InChI=1S/C18H36N4O2/c1-7-18(8-2)14(12-15(18)24-9-3)22-17(19-6)21-11-10-20-16(23)13(4)5/h13-15H,7-12H2,1-6H3,(H,20,23)(H2,19,21,22). The van der Waals surface area contributed by atoms with Gasteiger partial charge in [0.05, 0.1) is 6.10 Å². The molecule has 0 saturated heterocycles. The van der Waals surface area contributed by atoms with Crippen LogP contribution in [-0.4, -0.2) is 50.8 Å². The van der Waals surface area contributed by atoms with Crippen molar-refractivity contribution in [2.75, 3.05) is 26.7 Å². The van der Waals surface area contributed by atoms with Crippen LogP contribution >= 0.6 is 0 Å². The number of hydrogen-bond donors (Lipinski definition) is 3. The highest BCUT2D eigenvalue weighted by Gasteiger charge is 2.53. The van der Waals surface area contributed by atoms with Crippen LogP contribution in [-0.2, 0) is 9.53 Å². The van der Waals surface area contributed by atoms with Gasteiger partial charge in [-0.05, 0) is 26.2 Å². The second-order valence-corrected chi connectivity index (χ2v) is 6.76. The van der Waals surface area contributed by atoms with Crippen LogP contribution in [0.4, 0.5) is 0 Å². The summed E-state index contributed by atoms with van der Waals surface area (Å²) in [5.74, 6) is 0.886. The van der Waals surface area contributed by atoms with E-state index in [9.17, 15) is 4.79 Å². The first-order chi connectivity index (χ1) is 11.4. The molecule has 1 aliphatic carbocycles. The van der Waals surface area contributed by atoms with Crippen molar-refractivity contribution in [1.29, 1.82) is 0 Å². The Kier molecular flexibility index (Phi) is 8.53. The highest BCUT2D eigenvalue weighted by atomic mass is 16.5. The van der Waals surface area contributed by atoms with Crippen molar-refractivity contribution < 1.29 is 9.53 Å². The third-order valence-electron chi connectivity index (χ3n) is 5.24. The number of ether oxygens (including phenoxy) is 1. The zero-order chi connectivity index (χ0) is 18.2. The Labute approximate surface area is 147 Å². The first-order valence-corrected chi connectivity index (χ1v) is 9.31. The fourth-order valence-electron chi connectivity index (χ4n) is 3.51. The van der Waals surface area contributed by atoms with Gasteiger partial charge in [-0.15, -0.1) is 0 Å². The molecule has 0 aromatic rings. The third-order valence-corrected chi connectivity index (χ3v) is 5.24. The molecule has 1 fully saturated rings. The van der Waals surface area contributed by atoms with Gasteiger partial charge in [-0.3, -0.25) is 9.79 Å². The van der Waals surface area contributed by atoms with Crippen LogP contribution in [0.2, 0.25) is 0 Å². The van der Waals surface area contributed by atoms with Crippen molar-refractivity contribution in [1.82, 2.24) is 16.0 Å². The van der Waals surface area contributed by atoms with Gasteiger partial charge in [-0.25, -0.2) is 0 Å². The van der Waals surface area contributed by atoms with E-state index in [1.807, 2.05) is 13.8 Å². The predicted molar refractivity (Wildman–Crippen MR) is 99.2 cm³/mol. The van der Waals surface area contributed by atoms with E-state index in [4.69, 9.17) is 4.74 Å². The Morgan fingerprint density at radius 1 is 1.21 bits per heavy atom. The molecule has 2 atom stereocenters. The zero-order valence-corrected chi connectivity index (χ0v) is 16.2. The second kappa shape index (κ2) is 9.87. The minimum atomic E-state index is 0.0163. The van der Waals surface area contributed by atoms with Gasteiger partial charge < -0.3 is 20.7 Å². The summed E-state index contributed by atoms with van der Waals surface area (Å²) in [6.07, 6.45) is 3.53. The molecule has 0 aromatic carbocycles. The van der Waals surface area contributed by atoms with Crippen LogP contribution in [0.3, 0.4) is 0 Å². The first-order valence-electron chi connectivity index (χ1n) is 9.31. The summed E-state index contributed by atoms with van der Waals surface area (Å²) in [5, 5.41) is 9.72. The van der Waals surface area contributed by atoms with Crippen molar-refractivity contribution in [3.8, 4) is 0 Å². The highest BCUT2D eigenvalue weighted by Crippen LogP contribution is 2.48. The summed E-state index contributed by atoms with van der Waals surface area (Å²) in [7, 11) is 1.78. The maximum atomic E-state index is 11.6. The number of rotatable bonds is 9. The van der Waals surface area contributed by atoms with Crippen LogP contribution in [0.1, 0.15) is 53.9 Å². The quantitative estimate of drug-likeness (QED) is 0.340. The minimum Gasteiger partial charge on any atom is -0.378 e. The lowest BCUT2D eigenvalue weighted by atomic mass is 9.58. The molecule has 1 rings (SSSR count). The maximum Gasteiger partial charge on any atom is 0.222 e. The molecule has 3 N–H and O–H groups in total. The zero-order valence-electron chi connectivity index (χ0n) is 16.2. The molecule has 0 aliphatic heterocycles. The van der Waals surface area contributed by atoms with Gasteiger partial charge >= 0.3 is 0 Å². The molecule has 0 bridgehead atoms. The lowest BCUT2D eigenvalue weighted by Crippen LogP contribution is -2.65. The van der Waals surface area contributed by atoms with E-state index in [1.54, 1.807) is 7.05 Å². The molecule has 0 aromatic heterocycles. The summed E-state index contributed by atoms with van der Waals surface area (Å²) in [6, 6.07) is 0.375. The Bertz CT molecular complexity index is 419. The number of carbonyl (C=O) groups is 1. The topological polar surface area (TPSA) is 74.8 Å². The van der Waals surface area contributed by atoms with Gasteiger partial charge in [0.1, 0.15) is 0 Å². The minimum absolute atomic E-state index is 0.0163. The molecule has 1 aliphatic rings. The molecule has 6 nitrogen and oxygen atoms in total. The Balaban J connectivity index is 2.47. The van der Waals surface area contributed by atoms with Crippen molar-refractivity contribution in [3.05, 3.63) is 0 Å². The lowest BCUT2D eigenvalue weighted by molar-refractivity contribution is -0.133. The number of nitrogens with zero attached hydrogens (tertiary/aromatic N) is 1. The lowest BCUT2D eigenvalue weighted by Gasteiger charge is -2.55. The third kappa shape index (κ3) is 4.85. The average Bonchev–Trinajstić information content (AvgIpc) is 2.56. The van der Waals surface area contributed by atoms with Gasteiger partial charge in [0.25, 0.3) is 0 Å². The van der Waals surface area contributed by atoms with E-state index in [0.717, 1.165) is 31.8 Å². The molecular formula is C18H36N4O2. The summed E-state index contributed by atoms with van der Waals surface area (Å²) < 4.78 is 5.92. The Morgan fingerprint density at radius 3 is 2.33 bits per heavy atom. The fourth-order valence-corrected chi connectivity index (χ4v) is 3.51. The fraction of sp³-hybridized carbons (Fsp3) is 0.889. The van der Waals surface area contributed by atoms with E-state index in [1.165, 1.54) is 0 Å². The van der Waals surface area contributed by atoms with Crippen molar-refractivity contribution >= 4 is 11.9 Å². The van der Waals surface area contributed by atoms with E-state index in [-0.39, 0.29) is 17.2 Å². The van der Waals surface area contributed by atoms with E-state index >= 15 is 0 Å². The van der Waals surface area contributed by atoms with Gasteiger partial charge in [0.15, 0.2) is 5.96 Å². The normalized spacial score (nSPS) is 22.9. The number of nitrogens with one attached hydrogen (secondary N) is 3. The molecule has 0 spiro atoms. The molecule has 0 heterocycles. The van der Waals surface area contributed by atoms with Gasteiger partial charge in [-0.1, -0.05) is 27.7 Å². The molecule has 140 valence electrons. The number of amides is 1. The van der Waals surface area contributed by atoms with E-state index < -0.39 is 0 Å². The van der Waals surface area contributed by atoms with Gasteiger partial charge in [0, 0.05) is 44.1 Å². The Morgan fingerprint density at radius 2 is 1.83 bits per heavy atom. The SMILES string of the molecule is CCOC1CC(NC(=NC)NCCNC(=O)C(C)C)C1(CC)CC. The van der Waals surface area contributed by atoms with Crippen molar-refractivity contribution in [3.63, 3.8) is 0 Å². The van der Waals surface area contributed by atoms with Crippen LogP contribution in [0.15, 0.2) is 4.99 Å². The molecule has 2 unspecified atom stereocenters. The first kappa shape index (κ1) is 20.7. The van der Waals surface area contributed by atoms with Crippen LogP contribution in [0.5, 0.6) is 0 Å². The number of aliphatic imine (C=N–C) groups is 1. The summed E-state index contributed by atoms with van der Waals surface area (Å²) in [4.78, 5) is 15.9. The number of carbonyl (C=O) groups excluding carboxylic acids is 1. The monoisotopic (exact) mass is 340 g/mol. The molecule has 1 amide bonds. The second-order valence-electron chi connectivity index (χ2n) is 6.76. The average molecular weight is 341 g/mol. The van der Waals surface area contributed by atoms with E-state index in [2.05, 4.69) is 41.7 Å². The maximum absolute atomic E-state index is 11.6. The summed E-state index contributed by atoms with van der Waals surface area (Å²) >= 11 is 0.